The van der Waals surface area contributed by atoms with Gasteiger partial charge in [0, 0.05) is 22.8 Å². The smallest absolute Gasteiger partial charge is 0.104 e. The first-order chi connectivity index (χ1) is 6.15. The third-order valence-corrected chi connectivity index (χ3v) is 2.23. The van der Waals surface area contributed by atoms with Gasteiger partial charge in [-0.1, -0.05) is 15.9 Å². The quantitative estimate of drug-likeness (QED) is 0.798. The van der Waals surface area contributed by atoms with Crippen molar-refractivity contribution in [3.8, 4) is 0 Å². The van der Waals surface area contributed by atoms with Crippen molar-refractivity contribution in [2.24, 2.45) is 0 Å². The molecule has 0 bridgehead atoms. The number of nitrogens with two attached hydrogens (primary N) is 1. The molecular formula is C9H12BrNO2. The summed E-state index contributed by atoms with van der Waals surface area (Å²) in [5.74, 6) is 0. The largest absolute Gasteiger partial charge is 0.398 e. The molecule has 0 saturated carbocycles. The van der Waals surface area contributed by atoms with Gasteiger partial charge in [-0.2, -0.15) is 0 Å². The van der Waals surface area contributed by atoms with Crippen molar-refractivity contribution >= 4 is 21.6 Å². The van der Waals surface area contributed by atoms with E-state index in [0.29, 0.717) is 11.3 Å². The summed E-state index contributed by atoms with van der Waals surface area (Å²) in [5, 5.41) is 9.60. The Hall–Kier alpha value is -0.580. The number of anilines is 1. The minimum Gasteiger partial charge on any atom is -0.398 e. The molecule has 72 valence electrons. The zero-order valence-corrected chi connectivity index (χ0v) is 8.91. The molecule has 0 radical (unpaired) electrons. The molecule has 0 aliphatic carbocycles. The molecule has 1 aromatic carbocycles. The van der Waals surface area contributed by atoms with Crippen LogP contribution in [0.1, 0.15) is 11.7 Å². The second kappa shape index (κ2) is 4.60. The summed E-state index contributed by atoms with van der Waals surface area (Å²) >= 11 is 3.31. The van der Waals surface area contributed by atoms with E-state index in [1.165, 1.54) is 7.11 Å². The first kappa shape index (κ1) is 10.5. The molecule has 1 unspecified atom stereocenters. The van der Waals surface area contributed by atoms with Crippen LogP contribution in [-0.2, 0) is 4.74 Å². The molecular weight excluding hydrogens is 234 g/mol. The predicted molar refractivity (Wildman–Crippen MR) is 55.4 cm³/mol. The van der Waals surface area contributed by atoms with Gasteiger partial charge in [0.25, 0.3) is 0 Å². The highest BCUT2D eigenvalue weighted by molar-refractivity contribution is 9.10. The topological polar surface area (TPSA) is 55.5 Å². The average molecular weight is 246 g/mol. The first-order valence-electron chi connectivity index (χ1n) is 3.87. The van der Waals surface area contributed by atoms with Crippen molar-refractivity contribution in [1.29, 1.82) is 0 Å². The van der Waals surface area contributed by atoms with Crippen LogP contribution in [0.3, 0.4) is 0 Å². The van der Waals surface area contributed by atoms with Crippen LogP contribution in [0, 0.1) is 0 Å². The summed E-state index contributed by atoms with van der Waals surface area (Å²) < 4.78 is 5.73. The van der Waals surface area contributed by atoms with Gasteiger partial charge in [-0.25, -0.2) is 0 Å². The maximum atomic E-state index is 9.60. The van der Waals surface area contributed by atoms with Crippen LogP contribution in [0.15, 0.2) is 22.7 Å². The van der Waals surface area contributed by atoms with Gasteiger partial charge >= 0.3 is 0 Å². The highest BCUT2D eigenvalue weighted by atomic mass is 79.9. The van der Waals surface area contributed by atoms with Crippen molar-refractivity contribution in [3.63, 3.8) is 0 Å². The molecule has 3 nitrogen and oxygen atoms in total. The highest BCUT2D eigenvalue weighted by Crippen LogP contribution is 2.24. The second-order valence-corrected chi connectivity index (χ2v) is 3.66. The van der Waals surface area contributed by atoms with E-state index in [-0.39, 0.29) is 6.61 Å². The molecule has 0 heterocycles. The van der Waals surface area contributed by atoms with Gasteiger partial charge in [0.2, 0.25) is 0 Å². The van der Waals surface area contributed by atoms with Gasteiger partial charge in [-0.05, 0) is 18.2 Å². The summed E-state index contributed by atoms with van der Waals surface area (Å²) in [6.45, 7) is 0.251. The summed E-state index contributed by atoms with van der Waals surface area (Å²) in [7, 11) is 1.54. The Bertz CT molecular complexity index is 291. The van der Waals surface area contributed by atoms with Crippen LogP contribution < -0.4 is 5.73 Å². The minimum atomic E-state index is -0.664. The van der Waals surface area contributed by atoms with Gasteiger partial charge in [0.05, 0.1) is 6.61 Å². The Morgan fingerprint density at radius 1 is 1.62 bits per heavy atom. The van der Waals surface area contributed by atoms with E-state index >= 15 is 0 Å². The monoisotopic (exact) mass is 245 g/mol. The van der Waals surface area contributed by atoms with Gasteiger partial charge < -0.3 is 15.6 Å². The number of aliphatic hydroxyl groups is 1. The van der Waals surface area contributed by atoms with Crippen LogP contribution in [0.5, 0.6) is 0 Å². The molecule has 0 aromatic heterocycles. The van der Waals surface area contributed by atoms with E-state index in [2.05, 4.69) is 15.9 Å². The summed E-state index contributed by atoms with van der Waals surface area (Å²) in [5.41, 5.74) is 6.95. The van der Waals surface area contributed by atoms with Crippen molar-refractivity contribution in [1.82, 2.24) is 0 Å². The molecule has 0 fully saturated rings. The lowest BCUT2D eigenvalue weighted by Gasteiger charge is -2.12. The normalized spacial score (nSPS) is 12.8. The highest BCUT2D eigenvalue weighted by Gasteiger charge is 2.10. The van der Waals surface area contributed by atoms with Crippen molar-refractivity contribution in [2.45, 2.75) is 6.10 Å². The molecule has 1 atom stereocenters. The number of nitrogen functional groups attached to an aromatic ring is 1. The molecule has 4 heteroatoms. The predicted octanol–water partition coefficient (Wildman–Crippen LogP) is 1.71. The van der Waals surface area contributed by atoms with Crippen LogP contribution >= 0.6 is 15.9 Å². The fourth-order valence-electron chi connectivity index (χ4n) is 1.08. The van der Waals surface area contributed by atoms with Crippen molar-refractivity contribution in [2.75, 3.05) is 19.5 Å². The summed E-state index contributed by atoms with van der Waals surface area (Å²) in [6.07, 6.45) is -0.664. The fraction of sp³-hybridized carbons (Fsp3) is 0.333. The van der Waals surface area contributed by atoms with E-state index in [9.17, 15) is 5.11 Å². The molecule has 13 heavy (non-hydrogen) atoms. The Morgan fingerprint density at radius 3 is 2.92 bits per heavy atom. The number of rotatable bonds is 3. The summed E-state index contributed by atoms with van der Waals surface area (Å²) in [4.78, 5) is 0. The van der Waals surface area contributed by atoms with Crippen LogP contribution in [0.25, 0.3) is 0 Å². The van der Waals surface area contributed by atoms with Crippen LogP contribution in [0.2, 0.25) is 0 Å². The number of aliphatic hydroxyl groups excluding tert-OH is 1. The molecule has 1 rings (SSSR count). The first-order valence-corrected chi connectivity index (χ1v) is 4.66. The molecule has 0 aliphatic heterocycles. The molecule has 0 spiro atoms. The minimum absolute atomic E-state index is 0.251. The zero-order valence-electron chi connectivity index (χ0n) is 7.33. The number of hydrogen-bond acceptors (Lipinski definition) is 3. The van der Waals surface area contributed by atoms with E-state index in [0.717, 1.165) is 4.47 Å². The maximum Gasteiger partial charge on any atom is 0.104 e. The SMILES string of the molecule is COCC(O)c1cc(Br)ccc1N. The number of halogens is 1. The molecule has 0 saturated heterocycles. The average Bonchev–Trinajstić information content (AvgIpc) is 2.09. The van der Waals surface area contributed by atoms with E-state index in [1.54, 1.807) is 12.1 Å². The van der Waals surface area contributed by atoms with Gasteiger partial charge in [-0.3, -0.25) is 0 Å². The van der Waals surface area contributed by atoms with E-state index in [1.807, 2.05) is 6.07 Å². The number of methoxy groups -OCH3 is 1. The third kappa shape index (κ3) is 2.69. The summed E-state index contributed by atoms with van der Waals surface area (Å²) in [6, 6.07) is 5.37. The lowest BCUT2D eigenvalue weighted by molar-refractivity contribution is 0.0648. The van der Waals surface area contributed by atoms with Crippen LogP contribution in [-0.4, -0.2) is 18.8 Å². The molecule has 0 aliphatic rings. The Labute approximate surface area is 85.6 Å². The number of hydrogen-bond donors (Lipinski definition) is 2. The Balaban J connectivity index is 2.91. The van der Waals surface area contributed by atoms with Crippen molar-refractivity contribution in [3.05, 3.63) is 28.2 Å². The van der Waals surface area contributed by atoms with E-state index < -0.39 is 6.10 Å². The lowest BCUT2D eigenvalue weighted by Crippen LogP contribution is -2.07. The van der Waals surface area contributed by atoms with E-state index in [4.69, 9.17) is 10.5 Å². The van der Waals surface area contributed by atoms with Crippen LogP contribution in [0.4, 0.5) is 5.69 Å². The molecule has 3 N–H and O–H groups in total. The molecule has 0 amide bonds. The maximum absolute atomic E-state index is 9.60. The van der Waals surface area contributed by atoms with Gasteiger partial charge in [-0.15, -0.1) is 0 Å². The Kier molecular flexibility index (Phi) is 3.71. The van der Waals surface area contributed by atoms with Crippen molar-refractivity contribution < 1.29 is 9.84 Å². The Morgan fingerprint density at radius 2 is 2.31 bits per heavy atom. The van der Waals surface area contributed by atoms with Gasteiger partial charge in [0.15, 0.2) is 0 Å². The van der Waals surface area contributed by atoms with Gasteiger partial charge in [0.1, 0.15) is 6.10 Å². The third-order valence-electron chi connectivity index (χ3n) is 1.73. The number of ether oxygens (including phenoxy) is 1. The molecule has 1 aromatic rings. The second-order valence-electron chi connectivity index (χ2n) is 2.74. The zero-order chi connectivity index (χ0) is 9.84. The number of benzene rings is 1. The lowest BCUT2D eigenvalue weighted by atomic mass is 10.1. The fourth-order valence-corrected chi connectivity index (χ4v) is 1.46. The standard InChI is InChI=1S/C9H12BrNO2/c1-13-5-9(12)7-4-6(10)2-3-8(7)11/h2-4,9,12H,5,11H2,1H3.